The zero-order valence-corrected chi connectivity index (χ0v) is 8.66. The molecular weight excluding hydrogens is 156 g/mol. The van der Waals surface area contributed by atoms with Crippen LogP contribution in [0.4, 0.5) is 0 Å². The van der Waals surface area contributed by atoms with Crippen molar-refractivity contribution in [2.45, 2.75) is 33.2 Å². The van der Waals surface area contributed by atoms with Crippen molar-refractivity contribution in [2.75, 3.05) is 12.8 Å². The Morgan fingerprint density at radius 3 is 2.55 bits per heavy atom. The number of hydrogen-bond acceptors (Lipinski definition) is 2. The van der Waals surface area contributed by atoms with Crippen molar-refractivity contribution in [1.82, 2.24) is 5.32 Å². The van der Waals surface area contributed by atoms with Gasteiger partial charge in [-0.05, 0) is 19.1 Å². The summed E-state index contributed by atoms with van der Waals surface area (Å²) in [6.45, 7) is 6.47. The first-order valence-electron chi connectivity index (χ1n) is 4.10. The summed E-state index contributed by atoms with van der Waals surface area (Å²) in [5.41, 5.74) is 0. The van der Waals surface area contributed by atoms with Crippen LogP contribution in [0.3, 0.4) is 0 Å². The molecule has 0 aliphatic rings. The molecule has 0 aliphatic heterocycles. The highest BCUT2D eigenvalue weighted by atomic mass is 32.2. The van der Waals surface area contributed by atoms with Gasteiger partial charge >= 0.3 is 0 Å². The normalized spacial score (nSPS) is 14.7. The molecule has 0 heterocycles. The van der Waals surface area contributed by atoms with Crippen molar-refractivity contribution in [1.29, 1.82) is 0 Å². The standard InChI is InChI=1S/C8H18N2S/c1-5-7(3)10-8(9-4)11-6-2/h7H,5-6H2,1-4H3,(H,9,10). The number of nitrogens with one attached hydrogen (secondary N) is 1. The molecule has 0 rings (SSSR count). The summed E-state index contributed by atoms with van der Waals surface area (Å²) in [4.78, 5) is 4.13. The third-order valence-corrected chi connectivity index (χ3v) is 2.33. The van der Waals surface area contributed by atoms with Crippen molar-refractivity contribution in [3.8, 4) is 0 Å². The van der Waals surface area contributed by atoms with Crippen LogP contribution >= 0.6 is 11.8 Å². The zero-order valence-electron chi connectivity index (χ0n) is 7.85. The highest BCUT2D eigenvalue weighted by Gasteiger charge is 2.00. The molecule has 0 saturated heterocycles. The van der Waals surface area contributed by atoms with E-state index in [4.69, 9.17) is 0 Å². The average molecular weight is 174 g/mol. The van der Waals surface area contributed by atoms with E-state index in [0.717, 1.165) is 17.3 Å². The SMILES string of the molecule is CCSC(=NC)NC(C)CC. The van der Waals surface area contributed by atoms with E-state index in [1.54, 1.807) is 11.8 Å². The van der Waals surface area contributed by atoms with Crippen molar-refractivity contribution >= 4 is 16.9 Å². The number of nitrogens with zero attached hydrogens (tertiary/aromatic N) is 1. The highest BCUT2D eigenvalue weighted by molar-refractivity contribution is 8.13. The van der Waals surface area contributed by atoms with Gasteiger partial charge in [0, 0.05) is 13.1 Å². The maximum atomic E-state index is 4.13. The molecule has 0 saturated carbocycles. The Kier molecular flexibility index (Phi) is 6.42. The minimum absolute atomic E-state index is 0.535. The summed E-state index contributed by atoms with van der Waals surface area (Å²) in [5.74, 6) is 1.08. The molecule has 0 spiro atoms. The van der Waals surface area contributed by atoms with Gasteiger partial charge in [-0.3, -0.25) is 4.99 Å². The molecule has 1 unspecified atom stereocenters. The lowest BCUT2D eigenvalue weighted by molar-refractivity contribution is 0.646. The monoisotopic (exact) mass is 174 g/mol. The van der Waals surface area contributed by atoms with Gasteiger partial charge in [-0.2, -0.15) is 0 Å². The van der Waals surface area contributed by atoms with Gasteiger partial charge in [0.15, 0.2) is 5.17 Å². The van der Waals surface area contributed by atoms with Crippen LogP contribution in [0.2, 0.25) is 0 Å². The van der Waals surface area contributed by atoms with Crippen LogP contribution in [0.25, 0.3) is 0 Å². The van der Waals surface area contributed by atoms with Crippen LogP contribution in [-0.4, -0.2) is 24.0 Å². The second-order valence-electron chi connectivity index (χ2n) is 2.42. The van der Waals surface area contributed by atoms with E-state index in [-0.39, 0.29) is 0 Å². The molecule has 0 amide bonds. The molecular formula is C8H18N2S. The second kappa shape index (κ2) is 6.53. The average Bonchev–Trinajstić information content (AvgIpc) is 2.03. The number of amidine groups is 1. The zero-order chi connectivity index (χ0) is 8.69. The molecule has 1 atom stereocenters. The maximum absolute atomic E-state index is 4.13. The van der Waals surface area contributed by atoms with Gasteiger partial charge in [-0.25, -0.2) is 0 Å². The van der Waals surface area contributed by atoms with Crippen molar-refractivity contribution in [2.24, 2.45) is 4.99 Å². The Morgan fingerprint density at radius 1 is 1.55 bits per heavy atom. The van der Waals surface area contributed by atoms with Crippen molar-refractivity contribution in [3.05, 3.63) is 0 Å². The van der Waals surface area contributed by atoms with Crippen LogP contribution in [0.15, 0.2) is 4.99 Å². The molecule has 1 N–H and O–H groups in total. The highest BCUT2D eigenvalue weighted by Crippen LogP contribution is 2.01. The minimum atomic E-state index is 0.535. The van der Waals surface area contributed by atoms with Gasteiger partial charge in [-0.15, -0.1) is 0 Å². The van der Waals surface area contributed by atoms with E-state index in [1.165, 1.54) is 0 Å². The van der Waals surface area contributed by atoms with E-state index in [0.29, 0.717) is 6.04 Å². The second-order valence-corrected chi connectivity index (χ2v) is 3.67. The molecule has 0 aromatic carbocycles. The molecule has 0 radical (unpaired) electrons. The van der Waals surface area contributed by atoms with Gasteiger partial charge in [0.2, 0.25) is 0 Å². The predicted octanol–water partition coefficient (Wildman–Crippen LogP) is 2.11. The molecule has 0 bridgehead atoms. The first-order chi connectivity index (χ1) is 5.24. The number of aliphatic imine (C=N–C) groups is 1. The fourth-order valence-corrected chi connectivity index (χ4v) is 1.31. The smallest absolute Gasteiger partial charge is 0.156 e. The van der Waals surface area contributed by atoms with Gasteiger partial charge in [0.1, 0.15) is 0 Å². The third kappa shape index (κ3) is 5.13. The Hall–Kier alpha value is -0.180. The van der Waals surface area contributed by atoms with Crippen LogP contribution in [0, 0.1) is 0 Å². The fourth-order valence-electron chi connectivity index (χ4n) is 0.620. The number of rotatable bonds is 3. The van der Waals surface area contributed by atoms with Gasteiger partial charge in [0.05, 0.1) is 0 Å². The van der Waals surface area contributed by atoms with Crippen LogP contribution in [-0.2, 0) is 0 Å². The number of thioether (sulfide) groups is 1. The van der Waals surface area contributed by atoms with E-state index >= 15 is 0 Å². The van der Waals surface area contributed by atoms with E-state index in [9.17, 15) is 0 Å². The van der Waals surface area contributed by atoms with Crippen LogP contribution in [0.5, 0.6) is 0 Å². The molecule has 66 valence electrons. The fraction of sp³-hybridized carbons (Fsp3) is 0.875. The molecule has 3 heteroatoms. The lowest BCUT2D eigenvalue weighted by atomic mass is 10.3. The molecule has 0 aromatic heterocycles. The molecule has 0 aromatic rings. The van der Waals surface area contributed by atoms with E-state index < -0.39 is 0 Å². The summed E-state index contributed by atoms with van der Waals surface area (Å²) < 4.78 is 0. The summed E-state index contributed by atoms with van der Waals surface area (Å²) in [6, 6.07) is 0.535. The third-order valence-electron chi connectivity index (χ3n) is 1.47. The lowest BCUT2D eigenvalue weighted by Crippen LogP contribution is -2.29. The molecule has 11 heavy (non-hydrogen) atoms. The summed E-state index contributed by atoms with van der Waals surface area (Å²) >= 11 is 1.76. The maximum Gasteiger partial charge on any atom is 0.156 e. The Bertz CT molecular complexity index is 123. The minimum Gasteiger partial charge on any atom is -0.362 e. The summed E-state index contributed by atoms with van der Waals surface area (Å²) in [6.07, 6.45) is 1.14. The topological polar surface area (TPSA) is 24.4 Å². The lowest BCUT2D eigenvalue weighted by Gasteiger charge is -2.13. The predicted molar refractivity (Wildman–Crippen MR) is 54.4 cm³/mol. The van der Waals surface area contributed by atoms with Crippen LogP contribution < -0.4 is 5.32 Å². The van der Waals surface area contributed by atoms with Crippen molar-refractivity contribution in [3.63, 3.8) is 0 Å². The number of hydrogen-bond donors (Lipinski definition) is 1. The summed E-state index contributed by atoms with van der Waals surface area (Å²) in [7, 11) is 1.83. The first-order valence-corrected chi connectivity index (χ1v) is 5.09. The summed E-state index contributed by atoms with van der Waals surface area (Å²) in [5, 5.41) is 4.39. The first kappa shape index (κ1) is 10.8. The molecule has 2 nitrogen and oxygen atoms in total. The van der Waals surface area contributed by atoms with Crippen molar-refractivity contribution < 1.29 is 0 Å². The van der Waals surface area contributed by atoms with Gasteiger partial charge in [0.25, 0.3) is 0 Å². The Labute approximate surface area is 73.9 Å². The van der Waals surface area contributed by atoms with Gasteiger partial charge < -0.3 is 5.32 Å². The Morgan fingerprint density at radius 2 is 2.18 bits per heavy atom. The molecule has 0 aliphatic carbocycles. The Balaban J connectivity index is 3.69. The van der Waals surface area contributed by atoms with Gasteiger partial charge in [-0.1, -0.05) is 25.6 Å². The van der Waals surface area contributed by atoms with E-state index in [2.05, 4.69) is 31.1 Å². The van der Waals surface area contributed by atoms with E-state index in [1.807, 2.05) is 7.05 Å². The largest absolute Gasteiger partial charge is 0.362 e. The van der Waals surface area contributed by atoms with Crippen LogP contribution in [0.1, 0.15) is 27.2 Å². The quantitative estimate of drug-likeness (QED) is 0.523. The molecule has 0 fully saturated rings.